The minimum atomic E-state index is 0.462. The van der Waals surface area contributed by atoms with E-state index in [1.807, 2.05) is 0 Å². The Hall–Kier alpha value is -1.22. The van der Waals surface area contributed by atoms with Crippen molar-refractivity contribution in [3.63, 3.8) is 0 Å². The predicted octanol–water partition coefficient (Wildman–Crippen LogP) is 9.71. The summed E-state index contributed by atoms with van der Waals surface area (Å²) >= 11 is 0. The summed E-state index contributed by atoms with van der Waals surface area (Å²) in [6.45, 7) is 3.36. The third-order valence-corrected chi connectivity index (χ3v) is 7.90. The van der Waals surface area contributed by atoms with E-state index in [0.717, 1.165) is 24.5 Å². The third-order valence-electron chi connectivity index (χ3n) is 7.90. The molecule has 35 heavy (non-hydrogen) atoms. The van der Waals surface area contributed by atoms with Gasteiger partial charge in [-0.05, 0) is 42.6 Å². The van der Waals surface area contributed by atoms with Crippen LogP contribution in [0.3, 0.4) is 0 Å². The summed E-state index contributed by atoms with van der Waals surface area (Å²) in [5.41, 5.74) is 2.83. The maximum absolute atomic E-state index is 5.54. The lowest BCUT2D eigenvalue weighted by Crippen LogP contribution is -2.29. The maximum atomic E-state index is 5.54. The fraction of sp³-hybridized carbons (Fsp3) is 0.812. The average molecular weight is 488 g/mol. The zero-order valence-electron chi connectivity index (χ0n) is 23.6. The quantitative estimate of drug-likeness (QED) is 0.165. The van der Waals surface area contributed by atoms with Crippen molar-refractivity contribution in [2.75, 3.05) is 20.8 Å². The lowest BCUT2D eigenvalue weighted by atomic mass is 9.90. The fourth-order valence-electron chi connectivity index (χ4n) is 5.65. The molecule has 1 aliphatic heterocycles. The van der Waals surface area contributed by atoms with E-state index in [2.05, 4.69) is 24.4 Å². The molecule has 3 heteroatoms. The molecule has 202 valence electrons. The second-order valence-corrected chi connectivity index (χ2v) is 10.8. The summed E-state index contributed by atoms with van der Waals surface area (Å²) in [6.07, 6.45) is 29.5. The number of methoxy groups -OCH3 is 2. The van der Waals surface area contributed by atoms with Crippen molar-refractivity contribution in [1.82, 2.24) is 5.32 Å². The van der Waals surface area contributed by atoms with Crippen LogP contribution in [0.5, 0.6) is 11.5 Å². The smallest absolute Gasteiger partial charge is 0.161 e. The number of unbranched alkanes of at least 4 members (excludes halogenated alkanes) is 18. The van der Waals surface area contributed by atoms with E-state index in [1.54, 1.807) is 14.2 Å². The first-order chi connectivity index (χ1) is 17.3. The van der Waals surface area contributed by atoms with E-state index in [-0.39, 0.29) is 0 Å². The number of benzene rings is 1. The molecular formula is C32H57NO2. The first-order valence-corrected chi connectivity index (χ1v) is 15.3. The molecule has 0 saturated carbocycles. The van der Waals surface area contributed by atoms with Crippen LogP contribution in [0.25, 0.3) is 0 Å². The predicted molar refractivity (Wildman–Crippen MR) is 152 cm³/mol. The minimum absolute atomic E-state index is 0.462. The summed E-state index contributed by atoms with van der Waals surface area (Å²) in [5.74, 6) is 1.71. The summed E-state index contributed by atoms with van der Waals surface area (Å²) in [6, 6.07) is 4.84. The van der Waals surface area contributed by atoms with Crippen molar-refractivity contribution in [3.8, 4) is 11.5 Å². The van der Waals surface area contributed by atoms with Gasteiger partial charge in [0.05, 0.1) is 14.2 Å². The highest BCUT2D eigenvalue weighted by molar-refractivity contribution is 5.49. The van der Waals surface area contributed by atoms with Crippen molar-refractivity contribution < 1.29 is 9.47 Å². The summed E-state index contributed by atoms with van der Waals surface area (Å²) < 4.78 is 11.0. The molecule has 0 bridgehead atoms. The van der Waals surface area contributed by atoms with Gasteiger partial charge in [0.15, 0.2) is 11.5 Å². The molecule has 0 aliphatic carbocycles. The van der Waals surface area contributed by atoms with Gasteiger partial charge in [-0.3, -0.25) is 0 Å². The van der Waals surface area contributed by atoms with E-state index >= 15 is 0 Å². The van der Waals surface area contributed by atoms with Gasteiger partial charge in [0, 0.05) is 6.04 Å². The molecule has 1 unspecified atom stereocenters. The second kappa shape index (κ2) is 19.9. The molecular weight excluding hydrogens is 430 g/mol. The van der Waals surface area contributed by atoms with Crippen molar-refractivity contribution in [3.05, 3.63) is 23.3 Å². The molecule has 1 aliphatic rings. The molecule has 1 aromatic rings. The number of hydrogen-bond acceptors (Lipinski definition) is 3. The lowest BCUT2D eigenvalue weighted by Gasteiger charge is -2.28. The minimum Gasteiger partial charge on any atom is -0.493 e. The molecule has 1 heterocycles. The molecule has 0 fully saturated rings. The van der Waals surface area contributed by atoms with Gasteiger partial charge in [-0.1, -0.05) is 129 Å². The monoisotopic (exact) mass is 487 g/mol. The van der Waals surface area contributed by atoms with Crippen molar-refractivity contribution in [1.29, 1.82) is 0 Å². The standard InChI is InChI=1S/C32H57NO2/c1-4-5-6-7-8-9-10-11-12-13-14-15-16-17-18-19-20-21-22-23-30-29-27-32(35-3)31(34-2)26-28(29)24-25-33-30/h26-27,30,33H,4-25H2,1-3H3. The Morgan fingerprint density at radius 2 is 1.06 bits per heavy atom. The van der Waals surface area contributed by atoms with E-state index in [9.17, 15) is 0 Å². The number of ether oxygens (including phenoxy) is 2. The van der Waals surface area contributed by atoms with E-state index < -0.39 is 0 Å². The first-order valence-electron chi connectivity index (χ1n) is 15.3. The molecule has 0 radical (unpaired) electrons. The maximum Gasteiger partial charge on any atom is 0.161 e. The lowest BCUT2D eigenvalue weighted by molar-refractivity contribution is 0.351. The normalized spacial score (nSPS) is 15.2. The molecule has 0 amide bonds. The Kier molecular flexibility index (Phi) is 17.1. The molecule has 0 spiro atoms. The zero-order chi connectivity index (χ0) is 25.0. The van der Waals surface area contributed by atoms with Crippen LogP contribution in [0.15, 0.2) is 12.1 Å². The van der Waals surface area contributed by atoms with Crippen LogP contribution in [0.2, 0.25) is 0 Å². The zero-order valence-corrected chi connectivity index (χ0v) is 23.6. The molecule has 1 N–H and O–H groups in total. The third kappa shape index (κ3) is 12.5. The highest BCUT2D eigenvalue weighted by Crippen LogP contribution is 2.36. The van der Waals surface area contributed by atoms with E-state index in [4.69, 9.17) is 9.47 Å². The van der Waals surface area contributed by atoms with Crippen molar-refractivity contribution >= 4 is 0 Å². The summed E-state index contributed by atoms with van der Waals surface area (Å²) in [5, 5.41) is 3.73. The van der Waals surface area contributed by atoms with Crippen molar-refractivity contribution in [2.45, 2.75) is 148 Å². The Morgan fingerprint density at radius 3 is 1.51 bits per heavy atom. The molecule has 1 atom stereocenters. The molecule has 1 aromatic carbocycles. The van der Waals surface area contributed by atoms with Gasteiger partial charge in [0.1, 0.15) is 0 Å². The summed E-state index contributed by atoms with van der Waals surface area (Å²) in [7, 11) is 3.45. The van der Waals surface area contributed by atoms with Crippen LogP contribution in [-0.2, 0) is 6.42 Å². The highest BCUT2D eigenvalue weighted by Gasteiger charge is 2.22. The van der Waals surface area contributed by atoms with Gasteiger partial charge in [0.2, 0.25) is 0 Å². The highest BCUT2D eigenvalue weighted by atomic mass is 16.5. The fourth-order valence-corrected chi connectivity index (χ4v) is 5.65. The van der Waals surface area contributed by atoms with Crippen LogP contribution in [0.1, 0.15) is 153 Å². The van der Waals surface area contributed by atoms with Gasteiger partial charge in [0.25, 0.3) is 0 Å². The molecule has 0 aromatic heterocycles. The van der Waals surface area contributed by atoms with Crippen LogP contribution >= 0.6 is 0 Å². The van der Waals surface area contributed by atoms with Gasteiger partial charge in [-0.15, -0.1) is 0 Å². The number of hydrogen-bond donors (Lipinski definition) is 1. The number of fused-ring (bicyclic) bond motifs is 1. The van der Waals surface area contributed by atoms with Crippen molar-refractivity contribution in [2.24, 2.45) is 0 Å². The Labute approximate surface area is 218 Å². The largest absolute Gasteiger partial charge is 0.493 e. The first kappa shape index (κ1) is 30.0. The second-order valence-electron chi connectivity index (χ2n) is 10.8. The molecule has 3 nitrogen and oxygen atoms in total. The van der Waals surface area contributed by atoms with Crippen LogP contribution in [0.4, 0.5) is 0 Å². The van der Waals surface area contributed by atoms with Crippen LogP contribution < -0.4 is 14.8 Å². The van der Waals surface area contributed by atoms with Crippen LogP contribution in [-0.4, -0.2) is 20.8 Å². The van der Waals surface area contributed by atoms with Gasteiger partial charge < -0.3 is 14.8 Å². The van der Waals surface area contributed by atoms with Gasteiger partial charge >= 0.3 is 0 Å². The number of nitrogens with one attached hydrogen (secondary N) is 1. The topological polar surface area (TPSA) is 30.5 Å². The van der Waals surface area contributed by atoms with Crippen LogP contribution in [0, 0.1) is 0 Å². The summed E-state index contributed by atoms with van der Waals surface area (Å²) in [4.78, 5) is 0. The van der Waals surface area contributed by atoms with Gasteiger partial charge in [-0.2, -0.15) is 0 Å². The SMILES string of the molecule is CCCCCCCCCCCCCCCCCCCCCC1NCCc2cc(OC)c(OC)cc21. The van der Waals surface area contributed by atoms with E-state index in [0.29, 0.717) is 6.04 Å². The Balaban J connectivity index is 1.40. The number of rotatable bonds is 22. The molecule has 0 saturated heterocycles. The van der Waals surface area contributed by atoms with E-state index in [1.165, 1.54) is 140 Å². The Morgan fingerprint density at radius 1 is 0.629 bits per heavy atom. The van der Waals surface area contributed by atoms with Gasteiger partial charge in [-0.25, -0.2) is 0 Å². The molecule has 2 rings (SSSR count). The Bertz CT molecular complexity index is 645. The average Bonchev–Trinajstić information content (AvgIpc) is 2.89.